The number of anilines is 1. The fourth-order valence-electron chi connectivity index (χ4n) is 3.00. The summed E-state index contributed by atoms with van der Waals surface area (Å²) in [6.45, 7) is 6.03. The van der Waals surface area contributed by atoms with Crippen LogP contribution in [0.3, 0.4) is 0 Å². The van der Waals surface area contributed by atoms with E-state index < -0.39 is 0 Å². The van der Waals surface area contributed by atoms with E-state index in [2.05, 4.69) is 31.3 Å². The Morgan fingerprint density at radius 3 is 2.70 bits per heavy atom. The first-order chi connectivity index (χ1) is 13.1. The molecule has 1 aliphatic rings. The number of amides is 1. The van der Waals surface area contributed by atoms with Crippen LogP contribution in [0.4, 0.5) is 5.69 Å². The summed E-state index contributed by atoms with van der Waals surface area (Å²) in [6, 6.07) is 16.0. The van der Waals surface area contributed by atoms with Gasteiger partial charge in [-0.25, -0.2) is 0 Å². The van der Waals surface area contributed by atoms with Crippen molar-refractivity contribution < 1.29 is 9.53 Å². The molecule has 1 fully saturated rings. The number of rotatable bonds is 7. The van der Waals surface area contributed by atoms with E-state index in [1.165, 1.54) is 5.56 Å². The minimum Gasteiger partial charge on any atom is -0.381 e. The summed E-state index contributed by atoms with van der Waals surface area (Å²) in [4.78, 5) is 13.8. The number of nitrogens with one attached hydrogen (secondary N) is 1. The topological polar surface area (TPSA) is 38.3 Å². The molecule has 0 atom stereocenters. The molecule has 1 heterocycles. The van der Waals surface area contributed by atoms with Crippen molar-refractivity contribution in [2.45, 2.75) is 47.8 Å². The lowest BCUT2D eigenvalue weighted by molar-refractivity contribution is 0.0999. The number of thioether (sulfide) groups is 2. The van der Waals surface area contributed by atoms with Crippen LogP contribution in [0.2, 0.25) is 0 Å². The van der Waals surface area contributed by atoms with Crippen LogP contribution >= 0.6 is 23.5 Å². The molecule has 0 radical (unpaired) electrons. The highest BCUT2D eigenvalue weighted by molar-refractivity contribution is 8.00. The molecule has 0 unspecified atom stereocenters. The summed E-state index contributed by atoms with van der Waals surface area (Å²) in [5.41, 5.74) is 2.83. The third kappa shape index (κ3) is 6.30. The molecule has 0 spiro atoms. The summed E-state index contributed by atoms with van der Waals surface area (Å²) in [6.07, 6.45) is 2.26. The molecule has 1 amide bonds. The maximum atomic E-state index is 12.8. The Bertz CT molecular complexity index is 757. The number of hydrogen-bond donors (Lipinski definition) is 1. The Balaban J connectivity index is 1.63. The van der Waals surface area contributed by atoms with E-state index in [1.807, 2.05) is 48.2 Å². The summed E-state index contributed by atoms with van der Waals surface area (Å²) in [7, 11) is 0. The van der Waals surface area contributed by atoms with Crippen molar-refractivity contribution in [2.75, 3.05) is 18.5 Å². The van der Waals surface area contributed by atoms with Crippen LogP contribution in [-0.4, -0.2) is 29.6 Å². The lowest BCUT2D eigenvalue weighted by Crippen LogP contribution is -2.17. The molecule has 1 N–H and O–H groups in total. The van der Waals surface area contributed by atoms with Gasteiger partial charge in [0.1, 0.15) is 0 Å². The summed E-state index contributed by atoms with van der Waals surface area (Å²) in [5, 5.41) is 4.18. The van der Waals surface area contributed by atoms with Gasteiger partial charge in [-0.2, -0.15) is 11.8 Å². The van der Waals surface area contributed by atoms with Crippen LogP contribution in [0.5, 0.6) is 0 Å². The molecule has 2 aromatic rings. The zero-order valence-corrected chi connectivity index (χ0v) is 17.6. The largest absolute Gasteiger partial charge is 0.381 e. The molecule has 0 bridgehead atoms. The van der Waals surface area contributed by atoms with E-state index in [0.717, 1.165) is 48.0 Å². The molecule has 1 saturated heterocycles. The first-order valence-electron chi connectivity index (χ1n) is 9.47. The van der Waals surface area contributed by atoms with Gasteiger partial charge < -0.3 is 10.1 Å². The molecule has 3 rings (SSSR count). The first-order valence-corrected chi connectivity index (χ1v) is 11.4. The zero-order chi connectivity index (χ0) is 19.1. The monoisotopic (exact) mass is 401 g/mol. The molecule has 0 aliphatic carbocycles. The molecular formula is C22H27NO2S2. The fraction of sp³-hybridized carbons (Fsp3) is 0.409. The predicted molar refractivity (Wildman–Crippen MR) is 117 cm³/mol. The van der Waals surface area contributed by atoms with E-state index in [4.69, 9.17) is 4.74 Å². The number of carbonyl (C=O) groups is 1. The molecule has 0 aromatic heterocycles. The minimum atomic E-state index is -0.0482. The number of carbonyl (C=O) groups excluding carboxylic acids is 1. The molecule has 27 heavy (non-hydrogen) atoms. The van der Waals surface area contributed by atoms with Gasteiger partial charge in [0, 0.05) is 40.0 Å². The van der Waals surface area contributed by atoms with Gasteiger partial charge in [0.25, 0.3) is 5.91 Å². The Morgan fingerprint density at radius 1 is 1.15 bits per heavy atom. The van der Waals surface area contributed by atoms with Crippen LogP contribution < -0.4 is 5.32 Å². The lowest BCUT2D eigenvalue weighted by atomic mass is 10.2. The van der Waals surface area contributed by atoms with E-state index >= 15 is 0 Å². The van der Waals surface area contributed by atoms with Crippen LogP contribution in [-0.2, 0) is 10.5 Å². The quantitative estimate of drug-likeness (QED) is 0.591. The Hall–Kier alpha value is -1.43. The minimum absolute atomic E-state index is 0.0482. The van der Waals surface area contributed by atoms with Crippen LogP contribution in [0, 0.1) is 0 Å². The van der Waals surface area contributed by atoms with Crippen molar-refractivity contribution in [2.24, 2.45) is 0 Å². The normalized spacial score (nSPS) is 15.1. The van der Waals surface area contributed by atoms with Gasteiger partial charge in [-0.1, -0.05) is 38.1 Å². The van der Waals surface area contributed by atoms with Crippen molar-refractivity contribution in [3.63, 3.8) is 0 Å². The third-order valence-electron chi connectivity index (χ3n) is 4.33. The zero-order valence-electron chi connectivity index (χ0n) is 15.9. The van der Waals surface area contributed by atoms with Crippen LogP contribution in [0.1, 0.15) is 42.6 Å². The average molecular weight is 402 g/mol. The first kappa shape index (κ1) is 20.3. The van der Waals surface area contributed by atoms with Gasteiger partial charge in [-0.05, 0) is 42.7 Å². The van der Waals surface area contributed by atoms with E-state index in [1.54, 1.807) is 11.8 Å². The van der Waals surface area contributed by atoms with Crippen molar-refractivity contribution >= 4 is 35.1 Å². The van der Waals surface area contributed by atoms with Crippen LogP contribution in [0.25, 0.3) is 0 Å². The molecule has 1 aliphatic heterocycles. The van der Waals surface area contributed by atoms with Gasteiger partial charge in [-0.3, -0.25) is 4.79 Å². The highest BCUT2D eigenvalue weighted by atomic mass is 32.2. The Kier molecular flexibility index (Phi) is 7.68. The maximum absolute atomic E-state index is 12.8. The number of benzene rings is 2. The molecule has 2 aromatic carbocycles. The summed E-state index contributed by atoms with van der Waals surface area (Å²) in [5.74, 6) is 0.918. The van der Waals surface area contributed by atoms with E-state index in [0.29, 0.717) is 10.5 Å². The van der Waals surface area contributed by atoms with Gasteiger partial charge in [0.15, 0.2) is 0 Å². The van der Waals surface area contributed by atoms with Crippen molar-refractivity contribution in [1.29, 1.82) is 0 Å². The van der Waals surface area contributed by atoms with Gasteiger partial charge in [-0.15, -0.1) is 11.8 Å². The average Bonchev–Trinajstić information content (AvgIpc) is 2.67. The Morgan fingerprint density at radius 2 is 1.93 bits per heavy atom. The van der Waals surface area contributed by atoms with Crippen molar-refractivity contribution in [3.8, 4) is 0 Å². The van der Waals surface area contributed by atoms with E-state index in [-0.39, 0.29) is 5.91 Å². The van der Waals surface area contributed by atoms with E-state index in [9.17, 15) is 4.79 Å². The van der Waals surface area contributed by atoms with Crippen LogP contribution in [0.15, 0.2) is 53.4 Å². The number of hydrogen-bond acceptors (Lipinski definition) is 4. The third-order valence-corrected chi connectivity index (χ3v) is 6.86. The fourth-order valence-corrected chi connectivity index (χ4v) is 5.09. The molecular weight excluding hydrogens is 374 g/mol. The summed E-state index contributed by atoms with van der Waals surface area (Å²) < 4.78 is 5.43. The Labute approximate surface area is 170 Å². The van der Waals surface area contributed by atoms with Crippen molar-refractivity contribution in [1.82, 2.24) is 0 Å². The van der Waals surface area contributed by atoms with Crippen molar-refractivity contribution in [3.05, 3.63) is 59.7 Å². The standard InChI is InChI=1S/C22H27NO2S2/c1-16(2)27-21-9-4-3-8-20(21)22(24)23-18-7-5-6-17(14-18)15-26-19-10-12-25-13-11-19/h3-9,14,16,19H,10-13,15H2,1-2H3,(H,23,24). The second-order valence-electron chi connectivity index (χ2n) is 6.94. The molecule has 0 saturated carbocycles. The highest BCUT2D eigenvalue weighted by Crippen LogP contribution is 2.28. The number of ether oxygens (including phenoxy) is 1. The lowest BCUT2D eigenvalue weighted by Gasteiger charge is -2.21. The molecule has 3 nitrogen and oxygen atoms in total. The molecule has 5 heteroatoms. The molecule has 144 valence electrons. The maximum Gasteiger partial charge on any atom is 0.256 e. The van der Waals surface area contributed by atoms with Gasteiger partial charge >= 0.3 is 0 Å². The van der Waals surface area contributed by atoms with Gasteiger partial charge in [0.05, 0.1) is 5.56 Å². The SMILES string of the molecule is CC(C)Sc1ccccc1C(=O)Nc1cccc(CSC2CCOCC2)c1. The predicted octanol–water partition coefficient (Wildman–Crippen LogP) is 5.85. The highest BCUT2D eigenvalue weighted by Gasteiger charge is 2.15. The smallest absolute Gasteiger partial charge is 0.256 e. The second kappa shape index (κ2) is 10.2. The van der Waals surface area contributed by atoms with Gasteiger partial charge in [0.2, 0.25) is 0 Å². The summed E-state index contributed by atoms with van der Waals surface area (Å²) >= 11 is 3.70. The second-order valence-corrected chi connectivity index (χ2v) is 9.85.